The fraction of sp³-hybridized carbons (Fsp3) is 0.154. The molecule has 0 aliphatic rings. The van der Waals surface area contributed by atoms with E-state index in [1.165, 1.54) is 19.2 Å². The van der Waals surface area contributed by atoms with Crippen molar-refractivity contribution in [2.75, 3.05) is 12.4 Å². The molecule has 1 aromatic carbocycles. The van der Waals surface area contributed by atoms with E-state index in [2.05, 4.69) is 10.3 Å². The molecule has 0 radical (unpaired) electrons. The summed E-state index contributed by atoms with van der Waals surface area (Å²) in [7, 11) is 1.39. The third-order valence-electron chi connectivity index (χ3n) is 2.56. The van der Waals surface area contributed by atoms with Gasteiger partial charge in [-0.3, -0.25) is 0 Å². The molecule has 0 atom stereocenters. The summed E-state index contributed by atoms with van der Waals surface area (Å²) in [5, 5.41) is 2.10. The average Bonchev–Trinajstić information content (AvgIpc) is 2.39. The number of hydrogen-bond donors (Lipinski definition) is 1. The van der Waals surface area contributed by atoms with Crippen molar-refractivity contribution in [2.45, 2.75) is 6.18 Å². The van der Waals surface area contributed by atoms with E-state index in [1.807, 2.05) is 0 Å². The molecule has 0 unspecified atom stereocenters. The van der Waals surface area contributed by atoms with Gasteiger partial charge in [0, 0.05) is 6.07 Å². The molecular formula is C13H9ClF4N2O. The lowest BCUT2D eigenvalue weighted by Crippen LogP contribution is -2.07. The Kier molecular flexibility index (Phi) is 4.22. The van der Waals surface area contributed by atoms with E-state index in [0.29, 0.717) is 11.8 Å². The molecule has 2 rings (SSSR count). The van der Waals surface area contributed by atoms with E-state index >= 15 is 0 Å². The van der Waals surface area contributed by atoms with Crippen LogP contribution in [-0.2, 0) is 6.18 Å². The Balaban J connectivity index is 2.38. The lowest BCUT2D eigenvalue weighted by molar-refractivity contribution is -0.137. The first-order chi connectivity index (χ1) is 9.79. The molecule has 0 fully saturated rings. The van der Waals surface area contributed by atoms with Crippen LogP contribution in [0.1, 0.15) is 5.56 Å². The molecule has 0 spiro atoms. The zero-order valence-corrected chi connectivity index (χ0v) is 11.4. The first-order valence-corrected chi connectivity index (χ1v) is 6.03. The lowest BCUT2D eigenvalue weighted by Gasteiger charge is -2.12. The molecule has 1 heterocycles. The maximum atomic E-state index is 13.6. The van der Waals surface area contributed by atoms with Crippen molar-refractivity contribution in [3.8, 4) is 5.75 Å². The summed E-state index contributed by atoms with van der Waals surface area (Å²) < 4.78 is 56.6. The Labute approximate surface area is 122 Å². The number of pyridine rings is 1. The number of aromatic nitrogens is 1. The molecule has 1 N–H and O–H groups in total. The van der Waals surface area contributed by atoms with Crippen LogP contribution in [0.15, 0.2) is 30.3 Å². The number of hydrogen-bond acceptors (Lipinski definition) is 3. The smallest absolute Gasteiger partial charge is 0.416 e. The van der Waals surface area contributed by atoms with Gasteiger partial charge in [0.2, 0.25) is 0 Å². The van der Waals surface area contributed by atoms with Crippen molar-refractivity contribution in [2.24, 2.45) is 0 Å². The van der Waals surface area contributed by atoms with Crippen LogP contribution in [0.25, 0.3) is 0 Å². The molecular weight excluding hydrogens is 312 g/mol. The minimum atomic E-state index is -4.57. The van der Waals surface area contributed by atoms with Crippen molar-refractivity contribution < 1.29 is 22.3 Å². The lowest BCUT2D eigenvalue weighted by atomic mass is 10.2. The first-order valence-electron chi connectivity index (χ1n) is 5.65. The number of nitrogens with one attached hydrogen (secondary N) is 1. The number of methoxy groups -OCH3 is 1. The summed E-state index contributed by atoms with van der Waals surface area (Å²) in [6.07, 6.45) is -4.57. The predicted octanol–water partition coefficient (Wildman–Crippen LogP) is 4.65. The molecule has 0 amide bonds. The van der Waals surface area contributed by atoms with Gasteiger partial charge < -0.3 is 10.1 Å². The van der Waals surface area contributed by atoms with Gasteiger partial charge in [0.1, 0.15) is 22.5 Å². The molecule has 0 bridgehead atoms. The summed E-state index contributed by atoms with van der Waals surface area (Å²) >= 11 is 5.55. The molecule has 0 aliphatic heterocycles. The molecule has 21 heavy (non-hydrogen) atoms. The summed E-state index contributed by atoms with van der Waals surface area (Å²) in [6.45, 7) is 0. The van der Waals surface area contributed by atoms with Crippen LogP contribution in [0.4, 0.5) is 29.1 Å². The zero-order chi connectivity index (χ0) is 15.6. The summed E-state index contributed by atoms with van der Waals surface area (Å²) in [5.74, 6) is -0.537. The highest BCUT2D eigenvalue weighted by molar-refractivity contribution is 6.29. The number of benzene rings is 1. The fourth-order valence-electron chi connectivity index (χ4n) is 1.59. The van der Waals surface area contributed by atoms with Gasteiger partial charge in [0.05, 0.1) is 18.4 Å². The van der Waals surface area contributed by atoms with Crippen molar-refractivity contribution in [1.29, 1.82) is 0 Å². The third-order valence-corrected chi connectivity index (χ3v) is 2.75. The van der Waals surface area contributed by atoms with E-state index in [9.17, 15) is 17.6 Å². The average molecular weight is 321 g/mol. The normalized spacial score (nSPS) is 11.3. The standard InChI is InChI=1S/C13H9ClF4N2O/c1-21-8-2-3-9(15)10(6-8)19-12-5-7(13(16,17)18)4-11(14)20-12/h2-6H,1H3,(H,19,20). The first kappa shape index (κ1) is 15.4. The maximum absolute atomic E-state index is 13.6. The molecule has 2 aromatic rings. The Morgan fingerprint density at radius 2 is 1.90 bits per heavy atom. The van der Waals surface area contributed by atoms with Gasteiger partial charge in [-0.1, -0.05) is 11.6 Å². The van der Waals surface area contributed by atoms with E-state index < -0.39 is 17.6 Å². The highest BCUT2D eigenvalue weighted by atomic mass is 35.5. The number of halogens is 5. The quantitative estimate of drug-likeness (QED) is 0.660. The van der Waals surface area contributed by atoms with Crippen LogP contribution in [0, 0.1) is 5.82 Å². The van der Waals surface area contributed by atoms with Crippen LogP contribution in [0.2, 0.25) is 5.15 Å². The van der Waals surface area contributed by atoms with Crippen LogP contribution >= 0.6 is 11.6 Å². The SMILES string of the molecule is COc1ccc(F)c(Nc2cc(C(F)(F)F)cc(Cl)n2)c1. The Morgan fingerprint density at radius 1 is 1.19 bits per heavy atom. The van der Waals surface area contributed by atoms with Gasteiger partial charge in [0.15, 0.2) is 0 Å². The second-order valence-corrected chi connectivity index (χ2v) is 4.42. The molecule has 1 aromatic heterocycles. The van der Waals surface area contributed by atoms with Crippen LogP contribution in [0.3, 0.4) is 0 Å². The predicted molar refractivity (Wildman–Crippen MR) is 70.5 cm³/mol. The monoisotopic (exact) mass is 320 g/mol. The van der Waals surface area contributed by atoms with Gasteiger partial charge in [0.25, 0.3) is 0 Å². The topological polar surface area (TPSA) is 34.1 Å². The fourth-order valence-corrected chi connectivity index (χ4v) is 1.80. The van der Waals surface area contributed by atoms with Crippen LogP contribution < -0.4 is 10.1 Å². The van der Waals surface area contributed by atoms with Gasteiger partial charge in [-0.15, -0.1) is 0 Å². The molecule has 0 aliphatic carbocycles. The third kappa shape index (κ3) is 3.75. The number of ether oxygens (including phenoxy) is 1. The largest absolute Gasteiger partial charge is 0.497 e. The summed E-state index contributed by atoms with van der Waals surface area (Å²) in [4.78, 5) is 3.69. The molecule has 3 nitrogen and oxygen atoms in total. The van der Waals surface area contributed by atoms with E-state index in [4.69, 9.17) is 16.3 Å². The summed E-state index contributed by atoms with van der Waals surface area (Å²) in [6, 6.07) is 5.23. The Bertz CT molecular complexity index is 661. The van der Waals surface area contributed by atoms with Gasteiger partial charge in [-0.25, -0.2) is 9.37 Å². The molecule has 0 saturated heterocycles. The van der Waals surface area contributed by atoms with E-state index in [1.54, 1.807) is 0 Å². The minimum absolute atomic E-state index is 0.0720. The van der Waals surface area contributed by atoms with Crippen molar-refractivity contribution >= 4 is 23.1 Å². The molecule has 8 heteroatoms. The van der Waals surface area contributed by atoms with Crippen molar-refractivity contribution in [3.05, 3.63) is 46.9 Å². The zero-order valence-electron chi connectivity index (χ0n) is 10.6. The van der Waals surface area contributed by atoms with Gasteiger partial charge in [-0.05, 0) is 24.3 Å². The molecule has 112 valence electrons. The second kappa shape index (κ2) is 5.77. The summed E-state index contributed by atoms with van der Waals surface area (Å²) in [5.41, 5.74) is -1.05. The number of alkyl halides is 3. The van der Waals surface area contributed by atoms with E-state index in [-0.39, 0.29) is 16.7 Å². The van der Waals surface area contributed by atoms with Crippen LogP contribution in [-0.4, -0.2) is 12.1 Å². The van der Waals surface area contributed by atoms with Crippen molar-refractivity contribution in [3.63, 3.8) is 0 Å². The van der Waals surface area contributed by atoms with Crippen molar-refractivity contribution in [1.82, 2.24) is 4.98 Å². The molecule has 0 saturated carbocycles. The Hall–Kier alpha value is -2.02. The maximum Gasteiger partial charge on any atom is 0.416 e. The highest BCUT2D eigenvalue weighted by Crippen LogP contribution is 2.33. The van der Waals surface area contributed by atoms with Gasteiger partial charge >= 0.3 is 6.18 Å². The number of anilines is 2. The second-order valence-electron chi connectivity index (χ2n) is 4.03. The Morgan fingerprint density at radius 3 is 2.52 bits per heavy atom. The van der Waals surface area contributed by atoms with E-state index in [0.717, 1.165) is 12.1 Å². The van der Waals surface area contributed by atoms with Gasteiger partial charge in [-0.2, -0.15) is 13.2 Å². The highest BCUT2D eigenvalue weighted by Gasteiger charge is 2.31. The number of rotatable bonds is 3. The minimum Gasteiger partial charge on any atom is -0.497 e. The number of nitrogens with zero attached hydrogens (tertiary/aromatic N) is 1. The van der Waals surface area contributed by atoms with Crippen LogP contribution in [0.5, 0.6) is 5.75 Å².